The third-order valence-corrected chi connectivity index (χ3v) is 20.9. The van der Waals surface area contributed by atoms with Crippen molar-refractivity contribution in [3.8, 4) is 57.3 Å². The van der Waals surface area contributed by atoms with E-state index in [0.717, 1.165) is 73.6 Å². The van der Waals surface area contributed by atoms with Gasteiger partial charge in [0.2, 0.25) is 5.75 Å². The van der Waals surface area contributed by atoms with Crippen LogP contribution in [0.25, 0.3) is 11.3 Å². The quantitative estimate of drug-likeness (QED) is 0.0415. The van der Waals surface area contributed by atoms with Crippen LogP contribution in [0.5, 0.6) is 46.0 Å². The second kappa shape index (κ2) is 19.1. The number of aliphatic hydroxyl groups is 1. The molecule has 2 bridgehead atoms. The van der Waals surface area contributed by atoms with Gasteiger partial charge in [0.15, 0.2) is 23.0 Å². The van der Waals surface area contributed by atoms with Crippen LogP contribution in [0.1, 0.15) is 153 Å². The number of benzene rings is 5. The molecular formula is C65H72N2O10. The Bertz CT molecular complexity index is 3240. The SMILES string of the molecule is NCOc1cc(CCC(=O)[C@@H]2C[C@@H](Cc3ccc(O)cc3O)[C@H]3C[C@H]4C[C@H]([C@]56CC7(CCCC7)CC[C@@H]5c5cc[nH]c5-c5ccccc56)[C@H](c5cc(O)c(O)c(OC6(c7cccc(O)c7)CCCC6)c54)[C@@H]3[C@H]2O)ccc1O. The van der Waals surface area contributed by atoms with Crippen LogP contribution < -0.4 is 15.2 Å². The maximum atomic E-state index is 15.3. The number of ether oxygens (including phenoxy) is 2. The highest BCUT2D eigenvalue weighted by Gasteiger charge is 2.66. The molecule has 1 spiro atoms. The molecule has 1 heterocycles. The highest BCUT2D eigenvalue weighted by molar-refractivity contribution is 5.82. The first-order chi connectivity index (χ1) is 37.3. The number of phenolic OH excluding ortho intramolecular Hbond substituents is 6. The summed E-state index contributed by atoms with van der Waals surface area (Å²) >= 11 is 0. The van der Waals surface area contributed by atoms with E-state index in [1.54, 1.807) is 48.5 Å². The number of ketones is 1. The van der Waals surface area contributed by atoms with Gasteiger partial charge in [-0.3, -0.25) is 10.5 Å². The lowest BCUT2D eigenvalue weighted by molar-refractivity contribution is -0.136. The van der Waals surface area contributed by atoms with Gasteiger partial charge >= 0.3 is 0 Å². The number of phenols is 6. The van der Waals surface area contributed by atoms with Crippen molar-refractivity contribution in [2.75, 3.05) is 6.73 Å². The van der Waals surface area contributed by atoms with Crippen LogP contribution in [0.15, 0.2) is 103 Å². The zero-order valence-electron chi connectivity index (χ0n) is 43.7. The number of carbonyl (C=O) groups excluding carboxylic acids is 1. The smallest absolute Gasteiger partial charge is 0.200 e. The lowest BCUT2D eigenvalue weighted by Crippen LogP contribution is -2.56. The number of nitrogens with two attached hydrogens (primary N) is 1. The van der Waals surface area contributed by atoms with Gasteiger partial charge in [-0.2, -0.15) is 0 Å². The second-order valence-electron chi connectivity index (χ2n) is 24.5. The van der Waals surface area contributed by atoms with Crippen LogP contribution >= 0.6 is 0 Å². The number of aromatic amines is 1. The second-order valence-corrected chi connectivity index (χ2v) is 24.5. The first-order valence-electron chi connectivity index (χ1n) is 28.5. The Morgan fingerprint density at radius 3 is 2.34 bits per heavy atom. The molecule has 14 rings (SSSR count). The van der Waals surface area contributed by atoms with E-state index < -0.39 is 34.9 Å². The monoisotopic (exact) mass is 1040 g/mol. The molecule has 10 atom stereocenters. The molecule has 0 saturated heterocycles. The summed E-state index contributed by atoms with van der Waals surface area (Å²) in [7, 11) is 0. The average Bonchev–Trinajstić information content (AvgIpc) is 4.30. The third-order valence-electron chi connectivity index (χ3n) is 20.9. The van der Waals surface area contributed by atoms with E-state index in [-0.39, 0.29) is 99.9 Å². The predicted molar refractivity (Wildman–Crippen MR) is 291 cm³/mol. The molecule has 77 heavy (non-hydrogen) atoms. The van der Waals surface area contributed by atoms with Crippen LogP contribution in [0.4, 0.5) is 0 Å². The van der Waals surface area contributed by atoms with E-state index in [9.17, 15) is 35.7 Å². The Balaban J connectivity index is 1.02. The fourth-order valence-electron chi connectivity index (χ4n) is 17.8. The number of H-pyrrole nitrogens is 1. The van der Waals surface area contributed by atoms with Gasteiger partial charge in [0.1, 0.15) is 35.4 Å². The number of rotatable bonds is 12. The molecule has 8 aliphatic rings. The van der Waals surface area contributed by atoms with Crippen molar-refractivity contribution in [3.05, 3.63) is 142 Å². The molecule has 5 saturated carbocycles. The van der Waals surface area contributed by atoms with Crippen molar-refractivity contribution in [2.45, 2.75) is 144 Å². The van der Waals surface area contributed by atoms with Crippen molar-refractivity contribution in [1.82, 2.24) is 4.98 Å². The van der Waals surface area contributed by atoms with Crippen LogP contribution in [0.2, 0.25) is 0 Å². The molecule has 8 aliphatic carbocycles. The number of aromatic hydroxyl groups is 6. The van der Waals surface area contributed by atoms with Crippen molar-refractivity contribution in [2.24, 2.45) is 40.7 Å². The van der Waals surface area contributed by atoms with Gasteiger partial charge in [0, 0.05) is 46.8 Å². The molecule has 6 aromatic rings. The zero-order chi connectivity index (χ0) is 53.0. The number of aryl methyl sites for hydroxylation is 1. The van der Waals surface area contributed by atoms with Crippen LogP contribution in [-0.4, -0.2) is 59.3 Å². The Morgan fingerprint density at radius 1 is 0.753 bits per heavy atom. The number of hydrogen-bond acceptors (Lipinski definition) is 11. The zero-order valence-corrected chi connectivity index (χ0v) is 43.7. The maximum absolute atomic E-state index is 15.3. The topological polar surface area (TPSA) is 219 Å². The molecule has 10 N–H and O–H groups in total. The number of Topliss-reactive ketones (excluding diaryl/α,β-unsaturated/α-hetero) is 1. The Hall–Kier alpha value is -6.63. The third kappa shape index (κ3) is 8.08. The first kappa shape index (κ1) is 49.9. The van der Waals surface area contributed by atoms with Gasteiger partial charge in [-0.05, 0) is 213 Å². The highest BCUT2D eigenvalue weighted by Crippen LogP contribution is 2.74. The van der Waals surface area contributed by atoms with Gasteiger partial charge < -0.3 is 50.2 Å². The van der Waals surface area contributed by atoms with Crippen LogP contribution in [-0.2, 0) is 28.7 Å². The van der Waals surface area contributed by atoms with Gasteiger partial charge in [-0.15, -0.1) is 0 Å². The summed E-state index contributed by atoms with van der Waals surface area (Å²) in [5.74, 6) is -2.44. The summed E-state index contributed by atoms with van der Waals surface area (Å²) in [5, 5.41) is 82.0. The predicted octanol–water partition coefficient (Wildman–Crippen LogP) is 12.1. The van der Waals surface area contributed by atoms with Gasteiger partial charge in [0.05, 0.1) is 6.10 Å². The van der Waals surface area contributed by atoms with Crippen LogP contribution in [0.3, 0.4) is 0 Å². The van der Waals surface area contributed by atoms with E-state index in [1.165, 1.54) is 41.3 Å². The minimum atomic E-state index is -1.10. The van der Waals surface area contributed by atoms with Crippen molar-refractivity contribution in [1.29, 1.82) is 0 Å². The summed E-state index contributed by atoms with van der Waals surface area (Å²) < 4.78 is 12.9. The fraction of sp³-hybridized carbons (Fsp3) is 0.462. The molecular weight excluding hydrogens is 969 g/mol. The summed E-state index contributed by atoms with van der Waals surface area (Å²) in [6.45, 7) is -0.124. The molecule has 1 aromatic heterocycles. The molecule has 0 aliphatic heterocycles. The molecule has 0 amide bonds. The number of nitrogens with one attached hydrogen (secondary N) is 1. The summed E-state index contributed by atoms with van der Waals surface area (Å²) in [5.41, 5.74) is 13.5. The Morgan fingerprint density at radius 2 is 1.55 bits per heavy atom. The summed E-state index contributed by atoms with van der Waals surface area (Å²) in [6, 6.07) is 30.0. The molecule has 402 valence electrons. The van der Waals surface area contributed by atoms with Crippen LogP contribution in [0, 0.1) is 35.0 Å². The van der Waals surface area contributed by atoms with E-state index in [4.69, 9.17) is 15.2 Å². The minimum Gasteiger partial charge on any atom is -0.508 e. The first-order valence-corrected chi connectivity index (χ1v) is 28.5. The standard InChI is InChI=1S/C65H72N2O10/c66-35-76-55-26-36(13-17-52(55)71)12-16-51(70)46-28-38(27-37-14-15-42(69)32-53(37)72)45-29-39-30-50(65-34-63(20-3-4-21-63)24-18-49(65)44-19-25-67-59(44)43-10-1-2-11-48(43)65)57(58(45)60(46)74)47-33-54(73)61(75)62(56(39)47)77-64(22-5-6-23-64)40-8-7-9-41(68)31-40/h1-2,7-11,13-15,17,19,25-26,31-33,38-39,45-46,49-50,57-58,60,67-69,71-75H,3-6,12,16,18,20-24,27-30,34-35,66H2/t38-,39+,45-,46+,49-,50+,57+,58-,60+,65+/m1/s1. The fourth-order valence-corrected chi connectivity index (χ4v) is 17.8. The average molecular weight is 1040 g/mol. The van der Waals surface area contributed by atoms with Gasteiger partial charge in [0.25, 0.3) is 0 Å². The molecule has 0 unspecified atom stereocenters. The molecule has 12 nitrogen and oxygen atoms in total. The molecule has 5 aromatic carbocycles. The van der Waals surface area contributed by atoms with E-state index >= 15 is 4.79 Å². The Kier molecular flexibility index (Phi) is 12.4. The molecule has 5 fully saturated rings. The van der Waals surface area contributed by atoms with Crippen molar-refractivity contribution in [3.63, 3.8) is 0 Å². The van der Waals surface area contributed by atoms with E-state index in [2.05, 4.69) is 41.5 Å². The normalized spacial score (nSPS) is 29.1. The summed E-state index contributed by atoms with van der Waals surface area (Å²) in [6.07, 6.45) is 14.4. The molecule has 0 radical (unpaired) electrons. The minimum absolute atomic E-state index is 0.0256. The lowest BCUT2D eigenvalue weighted by Gasteiger charge is -2.61. The number of hydrogen-bond donors (Lipinski definition) is 9. The number of carbonyl (C=O) groups is 1. The number of aromatic nitrogens is 1. The number of aliphatic hydroxyl groups excluding tert-OH is 1. The van der Waals surface area contributed by atoms with Gasteiger partial charge in [-0.1, -0.05) is 61.4 Å². The van der Waals surface area contributed by atoms with Crippen molar-refractivity contribution < 1.29 is 50.0 Å². The summed E-state index contributed by atoms with van der Waals surface area (Å²) in [4.78, 5) is 19.0. The van der Waals surface area contributed by atoms with Gasteiger partial charge in [-0.25, -0.2) is 0 Å². The van der Waals surface area contributed by atoms with Crippen molar-refractivity contribution >= 4 is 5.78 Å². The van der Waals surface area contributed by atoms with E-state index in [1.807, 2.05) is 12.1 Å². The van der Waals surface area contributed by atoms with E-state index in [0.29, 0.717) is 44.1 Å². The lowest BCUT2D eigenvalue weighted by atomic mass is 9.42. The largest absolute Gasteiger partial charge is 0.508 e. The number of fused-ring (bicyclic) bond motifs is 8. The highest BCUT2D eigenvalue weighted by atomic mass is 16.5. The maximum Gasteiger partial charge on any atom is 0.200 e. The molecule has 12 heteroatoms. The Labute approximate surface area is 449 Å².